The highest BCUT2D eigenvalue weighted by atomic mass is 16.5. The molecular formula is C15H18N2O2. The molecule has 1 aromatic heterocycles. The molecule has 0 spiro atoms. The van der Waals surface area contributed by atoms with Crippen molar-refractivity contribution in [2.45, 2.75) is 31.2 Å². The van der Waals surface area contributed by atoms with Crippen molar-refractivity contribution in [3.63, 3.8) is 0 Å². The van der Waals surface area contributed by atoms with Crippen molar-refractivity contribution in [3.8, 4) is 5.75 Å². The fraction of sp³-hybridized carbons (Fsp3) is 0.467. The van der Waals surface area contributed by atoms with E-state index in [1.165, 1.54) is 12.8 Å². The number of rotatable bonds is 5. The number of carbonyl (C=O) groups excluding carboxylic acids is 1. The van der Waals surface area contributed by atoms with Gasteiger partial charge in [-0.3, -0.25) is 5.41 Å². The molecule has 0 aliphatic heterocycles. The molecule has 0 amide bonds. The summed E-state index contributed by atoms with van der Waals surface area (Å²) >= 11 is 0. The third kappa shape index (κ3) is 2.23. The summed E-state index contributed by atoms with van der Waals surface area (Å²) in [5.74, 6) is 1.23. The van der Waals surface area contributed by atoms with Crippen LogP contribution in [0.2, 0.25) is 0 Å². The van der Waals surface area contributed by atoms with Crippen molar-refractivity contribution < 1.29 is 9.53 Å². The second kappa shape index (κ2) is 4.68. The average Bonchev–Trinajstić information content (AvgIpc) is 3.13. The Bertz CT molecular complexity index is 562. The summed E-state index contributed by atoms with van der Waals surface area (Å²) < 4.78 is 7.44. The van der Waals surface area contributed by atoms with Crippen molar-refractivity contribution in [1.29, 1.82) is 5.41 Å². The molecule has 2 aliphatic rings. The number of allylic oxidation sites excluding steroid dienone is 2. The van der Waals surface area contributed by atoms with E-state index in [0.717, 1.165) is 6.29 Å². The zero-order chi connectivity index (χ0) is 13.3. The SMILES string of the molecule is N=c1c(OCC2CC2)cccn1C1(C=O)CC=CC1. The smallest absolute Gasteiger partial charge is 0.168 e. The van der Waals surface area contributed by atoms with Crippen LogP contribution in [0.5, 0.6) is 5.75 Å². The molecule has 0 bridgehead atoms. The van der Waals surface area contributed by atoms with Gasteiger partial charge < -0.3 is 14.1 Å². The lowest BCUT2D eigenvalue weighted by Gasteiger charge is -2.26. The van der Waals surface area contributed by atoms with Crippen molar-refractivity contribution in [1.82, 2.24) is 4.57 Å². The second-order valence-corrected chi connectivity index (χ2v) is 5.45. The number of nitrogens with zero attached hydrogens (tertiary/aromatic N) is 1. The number of aromatic nitrogens is 1. The summed E-state index contributed by atoms with van der Waals surface area (Å²) in [4.78, 5) is 11.5. The molecule has 0 unspecified atom stereocenters. The first-order valence-corrected chi connectivity index (χ1v) is 6.76. The van der Waals surface area contributed by atoms with Crippen LogP contribution in [0.25, 0.3) is 0 Å². The molecule has 0 atom stereocenters. The fourth-order valence-corrected chi connectivity index (χ4v) is 2.48. The van der Waals surface area contributed by atoms with Gasteiger partial charge in [0.2, 0.25) is 0 Å². The van der Waals surface area contributed by atoms with Crippen LogP contribution < -0.4 is 10.2 Å². The predicted molar refractivity (Wildman–Crippen MR) is 70.9 cm³/mol. The van der Waals surface area contributed by atoms with Gasteiger partial charge in [0, 0.05) is 6.20 Å². The number of carbonyl (C=O) groups is 1. The van der Waals surface area contributed by atoms with Crippen LogP contribution in [-0.2, 0) is 10.3 Å². The summed E-state index contributed by atoms with van der Waals surface area (Å²) in [6, 6.07) is 3.66. The Morgan fingerprint density at radius 3 is 2.79 bits per heavy atom. The van der Waals surface area contributed by atoms with Crippen molar-refractivity contribution >= 4 is 6.29 Å². The normalized spacial score (nSPS) is 20.4. The quantitative estimate of drug-likeness (QED) is 0.648. The Kier molecular flexibility index (Phi) is 3.01. The monoisotopic (exact) mass is 258 g/mol. The Labute approximate surface area is 112 Å². The van der Waals surface area contributed by atoms with Crippen LogP contribution in [0.4, 0.5) is 0 Å². The maximum atomic E-state index is 11.5. The molecule has 1 fully saturated rings. The Morgan fingerprint density at radius 1 is 1.42 bits per heavy atom. The predicted octanol–water partition coefficient (Wildman–Crippen LogP) is 2.00. The van der Waals surface area contributed by atoms with E-state index in [9.17, 15) is 4.79 Å². The number of hydrogen-bond donors (Lipinski definition) is 1. The van der Waals surface area contributed by atoms with Crippen LogP contribution in [0.3, 0.4) is 0 Å². The third-order valence-electron chi connectivity index (χ3n) is 3.94. The van der Waals surface area contributed by atoms with E-state index >= 15 is 0 Å². The zero-order valence-corrected chi connectivity index (χ0v) is 10.8. The zero-order valence-electron chi connectivity index (χ0n) is 10.8. The average molecular weight is 258 g/mol. The first-order chi connectivity index (χ1) is 9.25. The number of hydrogen-bond acceptors (Lipinski definition) is 3. The summed E-state index contributed by atoms with van der Waals surface area (Å²) in [7, 11) is 0. The second-order valence-electron chi connectivity index (χ2n) is 5.45. The Balaban J connectivity index is 1.90. The van der Waals surface area contributed by atoms with Crippen LogP contribution in [0.1, 0.15) is 25.7 Å². The molecule has 4 nitrogen and oxygen atoms in total. The number of ether oxygens (including phenoxy) is 1. The molecule has 0 aromatic carbocycles. The highest BCUT2D eigenvalue weighted by molar-refractivity contribution is 5.64. The lowest BCUT2D eigenvalue weighted by atomic mass is 9.98. The van der Waals surface area contributed by atoms with Gasteiger partial charge in [-0.25, -0.2) is 0 Å². The summed E-state index contributed by atoms with van der Waals surface area (Å²) in [6.45, 7) is 0.683. The van der Waals surface area contributed by atoms with E-state index in [0.29, 0.717) is 36.6 Å². The first-order valence-electron chi connectivity index (χ1n) is 6.76. The Hall–Kier alpha value is -1.84. The van der Waals surface area contributed by atoms with Gasteiger partial charge in [-0.05, 0) is 43.7 Å². The molecule has 1 N–H and O–H groups in total. The molecule has 100 valence electrons. The van der Waals surface area contributed by atoms with Gasteiger partial charge in [0.05, 0.1) is 6.61 Å². The van der Waals surface area contributed by atoms with Crippen LogP contribution in [0.15, 0.2) is 30.5 Å². The highest BCUT2D eigenvalue weighted by Gasteiger charge is 2.33. The largest absolute Gasteiger partial charge is 0.489 e. The van der Waals surface area contributed by atoms with E-state index < -0.39 is 5.54 Å². The lowest BCUT2D eigenvalue weighted by Crippen LogP contribution is -2.40. The lowest BCUT2D eigenvalue weighted by molar-refractivity contribution is -0.115. The number of nitrogens with one attached hydrogen (secondary N) is 1. The van der Waals surface area contributed by atoms with Gasteiger partial charge in [-0.15, -0.1) is 0 Å². The van der Waals surface area contributed by atoms with E-state index in [1.807, 2.05) is 24.3 Å². The fourth-order valence-electron chi connectivity index (χ4n) is 2.48. The number of aldehydes is 1. The van der Waals surface area contributed by atoms with Gasteiger partial charge in [0.25, 0.3) is 0 Å². The van der Waals surface area contributed by atoms with Gasteiger partial charge in [-0.1, -0.05) is 12.2 Å². The molecule has 2 aliphatic carbocycles. The molecule has 3 rings (SSSR count). The molecule has 0 radical (unpaired) electrons. The highest BCUT2D eigenvalue weighted by Crippen LogP contribution is 2.30. The van der Waals surface area contributed by atoms with Crippen molar-refractivity contribution in [2.24, 2.45) is 5.92 Å². The number of pyridine rings is 1. The van der Waals surface area contributed by atoms with Gasteiger partial charge >= 0.3 is 0 Å². The maximum Gasteiger partial charge on any atom is 0.168 e. The minimum Gasteiger partial charge on any atom is -0.489 e. The van der Waals surface area contributed by atoms with Crippen molar-refractivity contribution in [2.75, 3.05) is 6.61 Å². The maximum absolute atomic E-state index is 11.5. The summed E-state index contributed by atoms with van der Waals surface area (Å²) in [5, 5.41) is 8.26. The van der Waals surface area contributed by atoms with E-state index in [4.69, 9.17) is 10.1 Å². The molecule has 4 heteroatoms. The van der Waals surface area contributed by atoms with Crippen LogP contribution >= 0.6 is 0 Å². The van der Waals surface area contributed by atoms with E-state index in [-0.39, 0.29) is 0 Å². The van der Waals surface area contributed by atoms with Gasteiger partial charge in [0.1, 0.15) is 11.8 Å². The summed E-state index contributed by atoms with van der Waals surface area (Å²) in [6.07, 6.45) is 10.5. The molecule has 19 heavy (non-hydrogen) atoms. The van der Waals surface area contributed by atoms with Gasteiger partial charge in [0.15, 0.2) is 11.2 Å². The standard InChI is InChI=1S/C15H18N2O2/c16-14-13(19-10-12-5-6-12)4-3-9-17(14)15(11-18)7-1-2-8-15/h1-4,9,11-12,16H,5-8,10H2. The molecule has 0 saturated heterocycles. The summed E-state index contributed by atoms with van der Waals surface area (Å²) in [5.41, 5.74) is -0.338. The third-order valence-corrected chi connectivity index (χ3v) is 3.94. The van der Waals surface area contributed by atoms with E-state index in [1.54, 1.807) is 10.8 Å². The van der Waals surface area contributed by atoms with Crippen LogP contribution in [0, 0.1) is 11.3 Å². The topological polar surface area (TPSA) is 55.1 Å². The molecule has 1 aromatic rings. The first kappa shape index (κ1) is 12.2. The van der Waals surface area contributed by atoms with Crippen molar-refractivity contribution in [3.05, 3.63) is 36.0 Å². The molecule has 1 saturated carbocycles. The molecular weight excluding hydrogens is 240 g/mol. The Morgan fingerprint density at radius 2 is 2.16 bits per heavy atom. The minimum absolute atomic E-state index is 0.291. The van der Waals surface area contributed by atoms with E-state index in [2.05, 4.69) is 0 Å². The minimum atomic E-state index is -0.629. The van der Waals surface area contributed by atoms with Gasteiger partial charge in [-0.2, -0.15) is 0 Å². The van der Waals surface area contributed by atoms with Crippen LogP contribution in [-0.4, -0.2) is 17.5 Å². The molecule has 1 heterocycles.